The van der Waals surface area contributed by atoms with Crippen molar-refractivity contribution in [2.24, 2.45) is 16.8 Å². The standard InChI is InChI=1S/C15H23N3O3/c1-4-5-13(14(16)18-20)15(19)17-10(2)11-6-8-12(21-3)9-7-11/h6-10,13,20H,4-5H2,1-3H3,(H2,16,18)(H,17,19). The summed E-state index contributed by atoms with van der Waals surface area (Å²) in [6.07, 6.45) is 1.31. The van der Waals surface area contributed by atoms with Gasteiger partial charge in [0, 0.05) is 0 Å². The lowest BCUT2D eigenvalue weighted by molar-refractivity contribution is -0.123. The first-order valence-electron chi connectivity index (χ1n) is 6.95. The first kappa shape index (κ1) is 16.8. The van der Waals surface area contributed by atoms with Gasteiger partial charge in [0.2, 0.25) is 5.91 Å². The van der Waals surface area contributed by atoms with Gasteiger partial charge in [-0.2, -0.15) is 0 Å². The zero-order valence-electron chi connectivity index (χ0n) is 12.7. The summed E-state index contributed by atoms with van der Waals surface area (Å²) in [5.74, 6) is -0.148. The Morgan fingerprint density at radius 2 is 2.05 bits per heavy atom. The van der Waals surface area contributed by atoms with Crippen molar-refractivity contribution in [2.75, 3.05) is 7.11 Å². The molecular formula is C15H23N3O3. The zero-order valence-corrected chi connectivity index (χ0v) is 12.7. The van der Waals surface area contributed by atoms with Gasteiger partial charge in [0.25, 0.3) is 0 Å². The maximum atomic E-state index is 12.2. The molecule has 0 saturated carbocycles. The van der Waals surface area contributed by atoms with Crippen molar-refractivity contribution in [3.63, 3.8) is 0 Å². The number of methoxy groups -OCH3 is 1. The van der Waals surface area contributed by atoms with E-state index in [4.69, 9.17) is 15.7 Å². The second-order valence-corrected chi connectivity index (χ2v) is 4.87. The Balaban J connectivity index is 2.74. The Morgan fingerprint density at radius 1 is 1.43 bits per heavy atom. The Kier molecular flexibility index (Phi) is 6.52. The number of carbonyl (C=O) groups is 1. The molecule has 0 aliphatic heterocycles. The van der Waals surface area contributed by atoms with Crippen LogP contribution in [-0.2, 0) is 4.79 Å². The molecule has 2 unspecified atom stereocenters. The molecule has 21 heavy (non-hydrogen) atoms. The molecule has 2 atom stereocenters. The molecule has 6 nitrogen and oxygen atoms in total. The number of amidine groups is 1. The van der Waals surface area contributed by atoms with Crippen LogP contribution >= 0.6 is 0 Å². The number of nitrogens with one attached hydrogen (secondary N) is 1. The molecule has 4 N–H and O–H groups in total. The number of benzene rings is 1. The molecule has 0 aliphatic rings. The average Bonchev–Trinajstić information content (AvgIpc) is 2.51. The molecule has 0 saturated heterocycles. The van der Waals surface area contributed by atoms with Crippen molar-refractivity contribution in [1.29, 1.82) is 0 Å². The molecule has 0 aliphatic carbocycles. The summed E-state index contributed by atoms with van der Waals surface area (Å²) in [6, 6.07) is 7.29. The highest BCUT2D eigenvalue weighted by atomic mass is 16.5. The minimum absolute atomic E-state index is 0.0590. The zero-order chi connectivity index (χ0) is 15.8. The molecule has 1 amide bonds. The highest BCUT2D eigenvalue weighted by molar-refractivity contribution is 6.02. The van der Waals surface area contributed by atoms with Crippen molar-refractivity contribution in [3.8, 4) is 5.75 Å². The highest BCUT2D eigenvalue weighted by Crippen LogP contribution is 2.18. The Hall–Kier alpha value is -2.24. The Bertz CT molecular complexity index is 485. The van der Waals surface area contributed by atoms with Crippen molar-refractivity contribution >= 4 is 11.7 Å². The molecule has 0 spiro atoms. The van der Waals surface area contributed by atoms with Crippen LogP contribution in [0.2, 0.25) is 0 Å². The first-order valence-corrected chi connectivity index (χ1v) is 6.95. The number of nitrogens with zero attached hydrogens (tertiary/aromatic N) is 1. The van der Waals surface area contributed by atoms with E-state index in [9.17, 15) is 4.79 Å². The summed E-state index contributed by atoms with van der Waals surface area (Å²) >= 11 is 0. The third kappa shape index (κ3) is 4.66. The second-order valence-electron chi connectivity index (χ2n) is 4.87. The van der Waals surface area contributed by atoms with Gasteiger partial charge in [0.05, 0.1) is 19.1 Å². The van der Waals surface area contributed by atoms with Crippen molar-refractivity contribution < 1.29 is 14.7 Å². The van der Waals surface area contributed by atoms with Crippen LogP contribution in [0.15, 0.2) is 29.4 Å². The van der Waals surface area contributed by atoms with Crippen LogP contribution in [0.1, 0.15) is 38.3 Å². The van der Waals surface area contributed by atoms with E-state index in [1.807, 2.05) is 38.1 Å². The van der Waals surface area contributed by atoms with Gasteiger partial charge in [-0.15, -0.1) is 0 Å². The third-order valence-corrected chi connectivity index (χ3v) is 3.34. The summed E-state index contributed by atoms with van der Waals surface area (Å²) in [6.45, 7) is 3.83. The summed E-state index contributed by atoms with van der Waals surface area (Å²) in [5, 5.41) is 14.6. The summed E-state index contributed by atoms with van der Waals surface area (Å²) in [7, 11) is 1.60. The molecule has 0 aromatic heterocycles. The van der Waals surface area contributed by atoms with Gasteiger partial charge in [0.1, 0.15) is 5.75 Å². The number of carbonyl (C=O) groups excluding carboxylic acids is 1. The van der Waals surface area contributed by atoms with E-state index in [2.05, 4.69) is 10.5 Å². The number of rotatable bonds is 7. The van der Waals surface area contributed by atoms with E-state index < -0.39 is 5.92 Å². The van der Waals surface area contributed by atoms with Crippen LogP contribution in [0.5, 0.6) is 5.75 Å². The molecule has 1 aromatic carbocycles. The fourth-order valence-electron chi connectivity index (χ4n) is 2.06. The van der Waals surface area contributed by atoms with Crippen molar-refractivity contribution in [1.82, 2.24) is 5.32 Å². The van der Waals surface area contributed by atoms with Gasteiger partial charge in [-0.05, 0) is 31.0 Å². The maximum Gasteiger partial charge on any atom is 0.231 e. The van der Waals surface area contributed by atoms with Gasteiger partial charge in [-0.3, -0.25) is 4.79 Å². The van der Waals surface area contributed by atoms with E-state index in [0.29, 0.717) is 6.42 Å². The summed E-state index contributed by atoms with van der Waals surface area (Å²) in [4.78, 5) is 12.2. The molecule has 116 valence electrons. The lowest BCUT2D eigenvalue weighted by Crippen LogP contribution is -2.39. The van der Waals surface area contributed by atoms with E-state index in [-0.39, 0.29) is 17.8 Å². The number of oxime groups is 1. The molecule has 0 radical (unpaired) electrons. The topological polar surface area (TPSA) is 96.9 Å². The smallest absolute Gasteiger partial charge is 0.231 e. The lowest BCUT2D eigenvalue weighted by atomic mass is 10.00. The predicted octanol–water partition coefficient (Wildman–Crippen LogP) is 2.04. The lowest BCUT2D eigenvalue weighted by Gasteiger charge is -2.19. The van der Waals surface area contributed by atoms with Crippen LogP contribution in [-0.4, -0.2) is 24.1 Å². The number of hydrogen-bond donors (Lipinski definition) is 3. The number of nitrogens with two attached hydrogens (primary N) is 1. The average molecular weight is 293 g/mol. The van der Waals surface area contributed by atoms with Crippen molar-refractivity contribution in [3.05, 3.63) is 29.8 Å². The van der Waals surface area contributed by atoms with Gasteiger partial charge in [-0.1, -0.05) is 30.6 Å². The quantitative estimate of drug-likeness (QED) is 0.310. The van der Waals surface area contributed by atoms with Crippen molar-refractivity contribution in [2.45, 2.75) is 32.7 Å². The highest BCUT2D eigenvalue weighted by Gasteiger charge is 2.23. The summed E-state index contributed by atoms with van der Waals surface area (Å²) in [5.41, 5.74) is 6.54. The van der Waals surface area contributed by atoms with Crippen LogP contribution in [0.25, 0.3) is 0 Å². The van der Waals surface area contributed by atoms with E-state index in [1.165, 1.54) is 0 Å². The fraction of sp³-hybridized carbons (Fsp3) is 0.467. The number of amides is 1. The van der Waals surface area contributed by atoms with Gasteiger partial charge in [0.15, 0.2) is 5.84 Å². The molecule has 1 aromatic rings. The van der Waals surface area contributed by atoms with Crippen LogP contribution < -0.4 is 15.8 Å². The molecule has 0 fully saturated rings. The van der Waals surface area contributed by atoms with Gasteiger partial charge < -0.3 is 21.0 Å². The minimum atomic E-state index is -0.610. The normalized spacial score (nSPS) is 14.3. The molecule has 0 bridgehead atoms. The number of hydrogen-bond acceptors (Lipinski definition) is 4. The predicted molar refractivity (Wildman–Crippen MR) is 81.4 cm³/mol. The monoisotopic (exact) mass is 293 g/mol. The van der Waals surface area contributed by atoms with Crippen LogP contribution in [0.3, 0.4) is 0 Å². The summed E-state index contributed by atoms with van der Waals surface area (Å²) < 4.78 is 5.10. The van der Waals surface area contributed by atoms with Gasteiger partial charge in [-0.25, -0.2) is 0 Å². The second kappa shape index (κ2) is 8.14. The molecule has 0 heterocycles. The minimum Gasteiger partial charge on any atom is -0.497 e. The van der Waals surface area contributed by atoms with E-state index in [1.54, 1.807) is 7.11 Å². The number of ether oxygens (including phenoxy) is 1. The van der Waals surface area contributed by atoms with Gasteiger partial charge >= 0.3 is 0 Å². The van der Waals surface area contributed by atoms with Crippen LogP contribution in [0.4, 0.5) is 0 Å². The molecule has 6 heteroatoms. The SMILES string of the molecule is CCCC(C(=O)NC(C)c1ccc(OC)cc1)C(N)=NO. The Morgan fingerprint density at radius 3 is 2.52 bits per heavy atom. The maximum absolute atomic E-state index is 12.2. The fourth-order valence-corrected chi connectivity index (χ4v) is 2.06. The third-order valence-electron chi connectivity index (χ3n) is 3.34. The molecular weight excluding hydrogens is 270 g/mol. The van der Waals surface area contributed by atoms with E-state index in [0.717, 1.165) is 17.7 Å². The van der Waals surface area contributed by atoms with Crippen LogP contribution in [0, 0.1) is 5.92 Å². The van der Waals surface area contributed by atoms with E-state index >= 15 is 0 Å². The first-order chi connectivity index (χ1) is 10.0. The molecule has 1 rings (SSSR count). The Labute approximate surface area is 125 Å². The largest absolute Gasteiger partial charge is 0.497 e.